The van der Waals surface area contributed by atoms with Crippen molar-refractivity contribution in [3.05, 3.63) is 59.0 Å². The Kier molecular flexibility index (Phi) is 4.30. The van der Waals surface area contributed by atoms with Gasteiger partial charge in [-0.3, -0.25) is 4.68 Å². The minimum Gasteiger partial charge on any atom is -0.467 e. The van der Waals surface area contributed by atoms with Gasteiger partial charge in [-0.15, -0.1) is 0 Å². The first-order chi connectivity index (χ1) is 11.1. The second kappa shape index (κ2) is 6.38. The molecule has 5 nitrogen and oxygen atoms in total. The fourth-order valence-corrected chi connectivity index (χ4v) is 2.86. The Hall–Kier alpha value is -2.40. The minimum absolute atomic E-state index is 0.327. The van der Waals surface area contributed by atoms with Crippen LogP contribution in [-0.2, 0) is 16.0 Å². The maximum Gasteiger partial charge on any atom is 0.331 e. The molecule has 0 aliphatic rings. The van der Waals surface area contributed by atoms with Gasteiger partial charge in [0.25, 0.3) is 0 Å². The number of benzene rings is 1. The number of rotatable bonds is 4. The molecule has 2 aromatic heterocycles. The number of ether oxygens (including phenoxy) is 1. The van der Waals surface area contributed by atoms with Crippen LogP contribution in [0.25, 0.3) is 10.9 Å². The predicted molar refractivity (Wildman–Crippen MR) is 88.5 cm³/mol. The molecule has 118 valence electrons. The summed E-state index contributed by atoms with van der Waals surface area (Å²) in [7, 11) is 1.38. The van der Waals surface area contributed by atoms with Gasteiger partial charge in [-0.2, -0.15) is 5.10 Å². The highest BCUT2D eigenvalue weighted by molar-refractivity contribution is 6.33. The first kappa shape index (κ1) is 15.5. The van der Waals surface area contributed by atoms with Crippen LogP contribution < -0.4 is 0 Å². The van der Waals surface area contributed by atoms with Gasteiger partial charge in [0.05, 0.1) is 7.11 Å². The van der Waals surface area contributed by atoms with Crippen molar-refractivity contribution in [2.75, 3.05) is 7.11 Å². The van der Waals surface area contributed by atoms with Crippen LogP contribution in [0.15, 0.2) is 42.6 Å². The molecule has 0 fully saturated rings. The van der Waals surface area contributed by atoms with Gasteiger partial charge in [0.15, 0.2) is 11.2 Å². The number of nitrogens with zero attached hydrogens (tertiary/aromatic N) is 3. The molecule has 0 spiro atoms. The molecular formula is C17H16ClN3O2. The highest BCUT2D eigenvalue weighted by atomic mass is 35.5. The third kappa shape index (κ3) is 2.92. The average molecular weight is 330 g/mol. The lowest BCUT2D eigenvalue weighted by molar-refractivity contribution is -0.144. The molecule has 0 saturated heterocycles. The molecule has 23 heavy (non-hydrogen) atoms. The van der Waals surface area contributed by atoms with E-state index in [1.165, 1.54) is 7.11 Å². The molecule has 3 rings (SSSR count). The van der Waals surface area contributed by atoms with Gasteiger partial charge in [0, 0.05) is 23.7 Å². The molecule has 1 unspecified atom stereocenters. The van der Waals surface area contributed by atoms with Crippen LogP contribution in [-0.4, -0.2) is 27.8 Å². The molecule has 0 amide bonds. The third-order valence-electron chi connectivity index (χ3n) is 3.86. The summed E-state index contributed by atoms with van der Waals surface area (Å²) in [6.07, 6.45) is 2.13. The van der Waals surface area contributed by atoms with Crippen molar-refractivity contribution in [3.8, 4) is 0 Å². The summed E-state index contributed by atoms with van der Waals surface area (Å²) >= 11 is 6.12. The first-order valence-electron chi connectivity index (χ1n) is 7.23. The number of aryl methyl sites for hydroxylation is 1. The normalized spacial score (nSPS) is 12.3. The zero-order chi connectivity index (χ0) is 16.4. The van der Waals surface area contributed by atoms with Crippen molar-refractivity contribution in [2.45, 2.75) is 19.4 Å². The number of hydrogen-bond acceptors (Lipinski definition) is 4. The molecule has 0 N–H and O–H groups in total. The van der Waals surface area contributed by atoms with Crippen LogP contribution in [0.4, 0.5) is 0 Å². The lowest BCUT2D eigenvalue weighted by Crippen LogP contribution is -2.25. The Balaban J connectivity index is 2.08. The Morgan fingerprint density at radius 2 is 2.04 bits per heavy atom. The van der Waals surface area contributed by atoms with Crippen molar-refractivity contribution < 1.29 is 9.53 Å². The lowest BCUT2D eigenvalue weighted by Gasteiger charge is -2.17. The fourth-order valence-electron chi connectivity index (χ4n) is 2.67. The van der Waals surface area contributed by atoms with E-state index in [1.54, 1.807) is 10.9 Å². The molecule has 3 aromatic rings. The molecular weight excluding hydrogens is 314 g/mol. The van der Waals surface area contributed by atoms with Gasteiger partial charge in [0.1, 0.15) is 5.52 Å². The molecule has 0 bridgehead atoms. The summed E-state index contributed by atoms with van der Waals surface area (Å²) in [4.78, 5) is 16.3. The summed E-state index contributed by atoms with van der Waals surface area (Å²) in [5.74, 6) is -0.339. The topological polar surface area (TPSA) is 57.0 Å². The number of hydrogen-bond donors (Lipinski definition) is 0. The zero-order valence-corrected chi connectivity index (χ0v) is 13.6. The second-order valence-corrected chi connectivity index (χ2v) is 5.61. The second-order valence-electron chi connectivity index (χ2n) is 5.26. The van der Waals surface area contributed by atoms with Crippen LogP contribution in [0.2, 0.25) is 5.15 Å². The van der Waals surface area contributed by atoms with Gasteiger partial charge >= 0.3 is 5.97 Å². The van der Waals surface area contributed by atoms with E-state index in [0.717, 1.165) is 16.6 Å². The van der Waals surface area contributed by atoms with Crippen LogP contribution in [0.5, 0.6) is 0 Å². The summed E-state index contributed by atoms with van der Waals surface area (Å²) in [6, 6.07) is 11.1. The van der Waals surface area contributed by atoms with Crippen LogP contribution >= 0.6 is 11.6 Å². The third-order valence-corrected chi connectivity index (χ3v) is 4.14. The number of aromatic nitrogens is 3. The number of carbonyl (C=O) groups is 1. The summed E-state index contributed by atoms with van der Waals surface area (Å²) in [6.45, 7) is 1.91. The highest BCUT2D eigenvalue weighted by Crippen LogP contribution is 2.27. The van der Waals surface area contributed by atoms with Crippen LogP contribution in [0.3, 0.4) is 0 Å². The van der Waals surface area contributed by atoms with E-state index < -0.39 is 6.04 Å². The molecule has 6 heteroatoms. The van der Waals surface area contributed by atoms with Gasteiger partial charge in [-0.05, 0) is 18.6 Å². The Morgan fingerprint density at radius 3 is 2.70 bits per heavy atom. The minimum atomic E-state index is -0.550. The molecule has 1 atom stereocenters. The molecule has 0 aliphatic heterocycles. The van der Waals surface area contributed by atoms with E-state index in [-0.39, 0.29) is 5.97 Å². The predicted octanol–water partition coefficient (Wildman–Crippen LogP) is 3.35. The van der Waals surface area contributed by atoms with Gasteiger partial charge in [-0.1, -0.05) is 41.9 Å². The number of fused-ring (bicyclic) bond motifs is 1. The Bertz CT molecular complexity index is 846. The molecule has 1 aromatic carbocycles. The van der Waals surface area contributed by atoms with Crippen molar-refractivity contribution in [3.63, 3.8) is 0 Å². The van der Waals surface area contributed by atoms with E-state index in [2.05, 4.69) is 10.1 Å². The van der Waals surface area contributed by atoms with E-state index in [0.29, 0.717) is 17.1 Å². The van der Waals surface area contributed by atoms with Crippen molar-refractivity contribution in [2.24, 2.45) is 0 Å². The average Bonchev–Trinajstić information content (AvgIpc) is 2.91. The molecule has 0 aliphatic carbocycles. The Labute approximate surface area is 138 Å². The monoisotopic (exact) mass is 329 g/mol. The lowest BCUT2D eigenvalue weighted by atomic mass is 10.1. The standard InChI is InChI=1S/C17H16ClN3O2/c1-11-13-8-9-19-16(18)15(13)20-21(11)14(17(22)23-2)10-12-6-4-3-5-7-12/h3-9,14H,10H2,1-2H3. The van der Waals surface area contributed by atoms with Crippen LogP contribution in [0.1, 0.15) is 17.3 Å². The number of pyridine rings is 1. The van der Waals surface area contributed by atoms with Gasteiger partial charge in [0.2, 0.25) is 0 Å². The molecule has 0 radical (unpaired) electrons. The van der Waals surface area contributed by atoms with Gasteiger partial charge in [-0.25, -0.2) is 9.78 Å². The summed E-state index contributed by atoms with van der Waals surface area (Å²) in [5, 5.41) is 5.71. The van der Waals surface area contributed by atoms with E-state index in [9.17, 15) is 4.79 Å². The smallest absolute Gasteiger partial charge is 0.331 e. The largest absolute Gasteiger partial charge is 0.467 e. The van der Waals surface area contributed by atoms with Crippen molar-refractivity contribution >= 4 is 28.5 Å². The number of esters is 1. The number of carbonyl (C=O) groups excluding carboxylic acids is 1. The number of halogens is 1. The maximum atomic E-state index is 12.3. The quantitative estimate of drug-likeness (QED) is 0.544. The van der Waals surface area contributed by atoms with E-state index in [4.69, 9.17) is 16.3 Å². The summed E-state index contributed by atoms with van der Waals surface area (Å²) < 4.78 is 6.65. The van der Waals surface area contributed by atoms with Crippen molar-refractivity contribution in [1.29, 1.82) is 0 Å². The molecule has 0 saturated carbocycles. The van der Waals surface area contributed by atoms with E-state index >= 15 is 0 Å². The van der Waals surface area contributed by atoms with E-state index in [1.807, 2.05) is 43.3 Å². The fraction of sp³-hybridized carbons (Fsp3) is 0.235. The summed E-state index contributed by atoms with van der Waals surface area (Å²) in [5.41, 5.74) is 2.48. The first-order valence-corrected chi connectivity index (χ1v) is 7.60. The van der Waals surface area contributed by atoms with Crippen molar-refractivity contribution in [1.82, 2.24) is 14.8 Å². The van der Waals surface area contributed by atoms with Crippen LogP contribution in [0, 0.1) is 6.92 Å². The zero-order valence-electron chi connectivity index (χ0n) is 12.9. The molecule has 2 heterocycles. The Morgan fingerprint density at radius 1 is 1.30 bits per heavy atom. The van der Waals surface area contributed by atoms with Gasteiger partial charge < -0.3 is 4.74 Å². The highest BCUT2D eigenvalue weighted by Gasteiger charge is 2.26. The maximum absolute atomic E-state index is 12.3. The SMILES string of the molecule is COC(=O)C(Cc1ccccc1)n1nc2c(Cl)nccc2c1C. The number of methoxy groups -OCH3 is 1.